The average molecular weight is 451 g/mol. The van der Waals surface area contributed by atoms with Crippen molar-refractivity contribution in [3.8, 4) is 0 Å². The van der Waals surface area contributed by atoms with Gasteiger partial charge in [-0.25, -0.2) is 5.01 Å². The van der Waals surface area contributed by atoms with Gasteiger partial charge in [0.05, 0.1) is 5.92 Å². The number of hydrogen-bond donors (Lipinski definition) is 1. The van der Waals surface area contributed by atoms with E-state index in [1.54, 1.807) is 39.0 Å². The van der Waals surface area contributed by atoms with Crippen LogP contribution in [0, 0.1) is 5.92 Å². The summed E-state index contributed by atoms with van der Waals surface area (Å²) in [5, 5.41) is 8.90. The van der Waals surface area contributed by atoms with Gasteiger partial charge in [-0.1, -0.05) is 31.2 Å². The molecular weight excluding hydrogens is 420 g/mol. The topological polar surface area (TPSA) is 91.3 Å². The van der Waals surface area contributed by atoms with E-state index in [9.17, 15) is 14.4 Å². The molecule has 8 nitrogen and oxygen atoms in total. The van der Waals surface area contributed by atoms with Crippen LogP contribution in [0.5, 0.6) is 0 Å². The SMILES string of the molecule is C=C/C=C(Cl)\C=C(/CC)NC(=O)[C@H]1CCC2=NN(CC(=O)OC(C)(C)C)C(=O)CN2C1. The number of allylic oxidation sites excluding steroid dienone is 5. The van der Waals surface area contributed by atoms with Crippen molar-refractivity contribution in [3.63, 3.8) is 0 Å². The third-order valence-electron chi connectivity index (χ3n) is 4.70. The molecule has 0 spiro atoms. The number of hydrogen-bond acceptors (Lipinski definition) is 6. The minimum atomic E-state index is -0.627. The number of nitrogens with zero attached hydrogens (tertiary/aromatic N) is 3. The summed E-state index contributed by atoms with van der Waals surface area (Å²) >= 11 is 6.08. The molecule has 2 rings (SSSR count). The molecule has 2 aliphatic rings. The van der Waals surface area contributed by atoms with Gasteiger partial charge < -0.3 is 15.0 Å². The number of rotatable bonds is 7. The molecule has 2 aliphatic heterocycles. The van der Waals surface area contributed by atoms with Crippen LogP contribution in [0.1, 0.15) is 47.0 Å². The zero-order chi connectivity index (χ0) is 23.2. The van der Waals surface area contributed by atoms with Gasteiger partial charge in [0, 0.05) is 23.7 Å². The van der Waals surface area contributed by atoms with Crippen LogP contribution in [0.2, 0.25) is 0 Å². The summed E-state index contributed by atoms with van der Waals surface area (Å²) in [6.07, 6.45) is 6.69. The summed E-state index contributed by atoms with van der Waals surface area (Å²) in [6, 6.07) is 0. The molecule has 0 unspecified atom stereocenters. The fourth-order valence-electron chi connectivity index (χ4n) is 3.28. The van der Waals surface area contributed by atoms with Crippen molar-refractivity contribution in [1.29, 1.82) is 0 Å². The maximum atomic E-state index is 12.7. The fraction of sp³-hybridized carbons (Fsp3) is 0.545. The van der Waals surface area contributed by atoms with Crippen LogP contribution in [0.25, 0.3) is 0 Å². The van der Waals surface area contributed by atoms with E-state index in [-0.39, 0.29) is 30.8 Å². The van der Waals surface area contributed by atoms with E-state index in [0.717, 1.165) is 5.01 Å². The van der Waals surface area contributed by atoms with E-state index in [1.165, 1.54) is 0 Å². The van der Waals surface area contributed by atoms with Crippen molar-refractivity contribution in [2.75, 3.05) is 19.6 Å². The highest BCUT2D eigenvalue weighted by Gasteiger charge is 2.35. The second kappa shape index (κ2) is 10.6. The van der Waals surface area contributed by atoms with Crippen molar-refractivity contribution < 1.29 is 19.1 Å². The molecule has 1 fully saturated rings. The van der Waals surface area contributed by atoms with Gasteiger partial charge in [0.2, 0.25) is 5.91 Å². The molecule has 9 heteroatoms. The van der Waals surface area contributed by atoms with Gasteiger partial charge in [-0.2, -0.15) is 5.10 Å². The van der Waals surface area contributed by atoms with Crippen LogP contribution in [0.15, 0.2) is 40.6 Å². The molecule has 1 atom stereocenters. The molecule has 170 valence electrons. The molecule has 2 amide bonds. The molecule has 0 aromatic carbocycles. The lowest BCUT2D eigenvalue weighted by atomic mass is 9.95. The Hall–Kier alpha value is -2.61. The molecule has 0 aromatic rings. The highest BCUT2D eigenvalue weighted by Crippen LogP contribution is 2.23. The van der Waals surface area contributed by atoms with Gasteiger partial charge in [-0.3, -0.25) is 14.4 Å². The lowest BCUT2D eigenvalue weighted by Crippen LogP contribution is -2.54. The first-order valence-electron chi connectivity index (χ1n) is 10.4. The Morgan fingerprint density at radius 3 is 2.71 bits per heavy atom. The summed E-state index contributed by atoms with van der Waals surface area (Å²) in [6.45, 7) is 11.1. The Labute approximate surface area is 188 Å². The monoisotopic (exact) mass is 450 g/mol. The Morgan fingerprint density at radius 1 is 1.39 bits per heavy atom. The number of ether oxygens (including phenoxy) is 1. The number of amides is 2. The smallest absolute Gasteiger partial charge is 0.328 e. The van der Waals surface area contributed by atoms with E-state index < -0.39 is 11.6 Å². The summed E-state index contributed by atoms with van der Waals surface area (Å²) in [5.74, 6) is -0.489. The summed E-state index contributed by atoms with van der Waals surface area (Å²) < 4.78 is 5.27. The van der Waals surface area contributed by atoms with Gasteiger partial charge in [0.25, 0.3) is 5.91 Å². The number of carbonyl (C=O) groups is 3. The molecule has 0 aromatic heterocycles. The van der Waals surface area contributed by atoms with E-state index in [4.69, 9.17) is 16.3 Å². The number of halogens is 1. The van der Waals surface area contributed by atoms with Gasteiger partial charge in [-0.15, -0.1) is 0 Å². The Kier molecular flexibility index (Phi) is 8.44. The summed E-state index contributed by atoms with van der Waals surface area (Å²) in [5.41, 5.74) is 0.0867. The molecule has 0 radical (unpaired) electrons. The molecule has 0 aliphatic carbocycles. The third kappa shape index (κ3) is 7.54. The van der Waals surface area contributed by atoms with Crippen LogP contribution < -0.4 is 5.32 Å². The molecular formula is C22H31ClN4O4. The van der Waals surface area contributed by atoms with Gasteiger partial charge in [0.1, 0.15) is 24.5 Å². The first kappa shape index (κ1) is 24.7. The van der Waals surface area contributed by atoms with Crippen LogP contribution in [0.4, 0.5) is 0 Å². The van der Waals surface area contributed by atoms with Crippen molar-refractivity contribution in [2.24, 2.45) is 11.0 Å². The molecule has 2 heterocycles. The number of piperidine rings is 1. The average Bonchev–Trinajstić information content (AvgIpc) is 2.66. The quantitative estimate of drug-likeness (QED) is 0.475. The van der Waals surface area contributed by atoms with Crippen molar-refractivity contribution in [2.45, 2.75) is 52.6 Å². The van der Waals surface area contributed by atoms with E-state index in [2.05, 4.69) is 17.0 Å². The van der Waals surface area contributed by atoms with Gasteiger partial charge in [-0.05, 0) is 45.8 Å². The minimum absolute atomic E-state index is 0.0792. The Balaban J connectivity index is 2.00. The summed E-state index contributed by atoms with van der Waals surface area (Å²) in [7, 11) is 0. The predicted molar refractivity (Wildman–Crippen MR) is 120 cm³/mol. The summed E-state index contributed by atoms with van der Waals surface area (Å²) in [4.78, 5) is 39.1. The Bertz CT molecular complexity index is 826. The normalized spacial score (nSPS) is 20.1. The molecule has 1 N–H and O–H groups in total. The van der Waals surface area contributed by atoms with Crippen LogP contribution >= 0.6 is 11.6 Å². The molecule has 0 bridgehead atoms. The fourth-order valence-corrected chi connectivity index (χ4v) is 3.50. The number of fused-ring (bicyclic) bond motifs is 1. The number of hydrazone groups is 1. The lowest BCUT2D eigenvalue weighted by Gasteiger charge is -2.38. The lowest BCUT2D eigenvalue weighted by molar-refractivity contribution is -0.159. The first-order chi connectivity index (χ1) is 14.5. The molecule has 31 heavy (non-hydrogen) atoms. The van der Waals surface area contributed by atoms with E-state index in [1.807, 2.05) is 11.8 Å². The largest absolute Gasteiger partial charge is 0.459 e. The third-order valence-corrected chi connectivity index (χ3v) is 4.93. The maximum Gasteiger partial charge on any atom is 0.328 e. The minimum Gasteiger partial charge on any atom is -0.459 e. The number of amidine groups is 1. The standard InChI is InChI=1S/C22H31ClN4O4/c1-6-8-16(23)11-17(7-2)24-21(30)15-9-10-18-25-27(19(28)13-26(18)12-15)14-20(29)31-22(3,4)5/h6,8,11,15H,1,7,9-10,12-14H2,2-5H3,(H,24,30)/b16-8+,17-11+/t15-/m0/s1. The zero-order valence-corrected chi connectivity index (χ0v) is 19.4. The number of carbonyl (C=O) groups excluding carboxylic acids is 3. The van der Waals surface area contributed by atoms with Crippen molar-refractivity contribution >= 4 is 35.2 Å². The highest BCUT2D eigenvalue weighted by molar-refractivity contribution is 6.31. The molecule has 0 saturated carbocycles. The van der Waals surface area contributed by atoms with Crippen molar-refractivity contribution in [1.82, 2.24) is 15.2 Å². The second-order valence-corrected chi connectivity index (χ2v) is 8.91. The van der Waals surface area contributed by atoms with Gasteiger partial charge >= 0.3 is 5.97 Å². The predicted octanol–water partition coefficient (Wildman–Crippen LogP) is 2.91. The van der Waals surface area contributed by atoms with E-state index >= 15 is 0 Å². The van der Waals surface area contributed by atoms with Crippen LogP contribution in [-0.4, -0.2) is 58.8 Å². The Morgan fingerprint density at radius 2 is 2.10 bits per heavy atom. The van der Waals surface area contributed by atoms with Crippen LogP contribution in [0.3, 0.4) is 0 Å². The number of esters is 1. The highest BCUT2D eigenvalue weighted by atomic mass is 35.5. The van der Waals surface area contributed by atoms with Crippen LogP contribution in [-0.2, 0) is 19.1 Å². The maximum absolute atomic E-state index is 12.7. The van der Waals surface area contributed by atoms with E-state index in [0.29, 0.717) is 42.4 Å². The van der Waals surface area contributed by atoms with Crippen molar-refractivity contribution in [3.05, 3.63) is 35.5 Å². The zero-order valence-electron chi connectivity index (χ0n) is 18.6. The molecule has 1 saturated heterocycles. The number of nitrogens with one attached hydrogen (secondary N) is 1. The van der Waals surface area contributed by atoms with Gasteiger partial charge in [0.15, 0.2) is 0 Å². The second-order valence-electron chi connectivity index (χ2n) is 8.47. The first-order valence-corrected chi connectivity index (χ1v) is 10.7.